The molecule has 3 heteroatoms. The van der Waals surface area contributed by atoms with Crippen molar-refractivity contribution in [2.75, 3.05) is 33.0 Å². The van der Waals surface area contributed by atoms with Gasteiger partial charge in [0, 0.05) is 13.2 Å². The van der Waals surface area contributed by atoms with Crippen LogP contribution in [0.2, 0.25) is 0 Å². The molecular weight excluding hydrogens is 204 g/mol. The lowest BCUT2D eigenvalue weighted by molar-refractivity contribution is 0.0437. The highest BCUT2D eigenvalue weighted by Gasteiger charge is 1.92. The Bertz CT molecular complexity index is 249. The number of benzene rings is 1. The van der Waals surface area contributed by atoms with E-state index in [0.717, 1.165) is 13.0 Å². The Morgan fingerprint density at radius 2 is 1.56 bits per heavy atom. The summed E-state index contributed by atoms with van der Waals surface area (Å²) in [7, 11) is 0. The highest BCUT2D eigenvalue weighted by Crippen LogP contribution is 1.99. The number of aliphatic hydroxyl groups is 1. The normalized spacial score (nSPS) is 10.6. The second-order valence-electron chi connectivity index (χ2n) is 3.54. The maximum atomic E-state index is 8.52. The Kier molecular flexibility index (Phi) is 7.68. The maximum absolute atomic E-state index is 8.52. The molecule has 0 spiro atoms. The van der Waals surface area contributed by atoms with Gasteiger partial charge in [-0.3, -0.25) is 0 Å². The molecule has 0 atom stereocenters. The topological polar surface area (TPSA) is 38.7 Å². The van der Waals surface area contributed by atoms with E-state index in [9.17, 15) is 0 Å². The predicted molar refractivity (Wildman–Crippen MR) is 63.5 cm³/mol. The highest BCUT2D eigenvalue weighted by molar-refractivity contribution is 5.14. The highest BCUT2D eigenvalue weighted by atomic mass is 16.5. The molecule has 1 aromatic rings. The summed E-state index contributed by atoms with van der Waals surface area (Å²) in [5.74, 6) is 0. The minimum atomic E-state index is 0.189. The molecule has 0 aromatic heterocycles. The first-order chi connectivity index (χ1) is 7.93. The lowest BCUT2D eigenvalue weighted by Crippen LogP contribution is -2.08. The molecule has 3 nitrogen and oxygen atoms in total. The monoisotopic (exact) mass is 224 g/mol. The van der Waals surface area contributed by atoms with E-state index >= 15 is 0 Å². The third-order valence-electron chi connectivity index (χ3n) is 2.20. The molecule has 90 valence electrons. The molecule has 0 saturated carbocycles. The van der Waals surface area contributed by atoms with Gasteiger partial charge in [-0.2, -0.15) is 0 Å². The summed E-state index contributed by atoms with van der Waals surface area (Å²) in [5, 5.41) is 8.52. The number of hydrogen-bond acceptors (Lipinski definition) is 3. The van der Waals surface area contributed by atoms with Crippen LogP contribution in [0.15, 0.2) is 30.3 Å². The summed E-state index contributed by atoms with van der Waals surface area (Å²) in [5.41, 5.74) is 1.30. The van der Waals surface area contributed by atoms with E-state index in [2.05, 4.69) is 12.1 Å². The van der Waals surface area contributed by atoms with Crippen LogP contribution in [0.5, 0.6) is 0 Å². The van der Waals surface area contributed by atoms with Gasteiger partial charge >= 0.3 is 0 Å². The average Bonchev–Trinajstić information content (AvgIpc) is 2.34. The number of aliphatic hydroxyl groups excluding tert-OH is 1. The van der Waals surface area contributed by atoms with Gasteiger partial charge in [-0.25, -0.2) is 0 Å². The van der Waals surface area contributed by atoms with Crippen molar-refractivity contribution in [3.05, 3.63) is 35.9 Å². The molecule has 16 heavy (non-hydrogen) atoms. The lowest BCUT2D eigenvalue weighted by atomic mass is 10.2. The Labute approximate surface area is 97.0 Å². The van der Waals surface area contributed by atoms with Crippen molar-refractivity contribution in [1.82, 2.24) is 0 Å². The van der Waals surface area contributed by atoms with Crippen molar-refractivity contribution in [3.63, 3.8) is 0 Å². The van der Waals surface area contributed by atoms with Crippen LogP contribution in [0.3, 0.4) is 0 Å². The smallest absolute Gasteiger partial charge is 0.0700 e. The Morgan fingerprint density at radius 1 is 0.875 bits per heavy atom. The van der Waals surface area contributed by atoms with Gasteiger partial charge in [0.05, 0.1) is 19.8 Å². The molecule has 0 unspecified atom stereocenters. The second-order valence-corrected chi connectivity index (χ2v) is 3.54. The SMILES string of the molecule is OCCCOCCOCCc1ccccc1. The molecule has 0 aliphatic carbocycles. The molecule has 0 aliphatic rings. The first-order valence-electron chi connectivity index (χ1n) is 5.74. The largest absolute Gasteiger partial charge is 0.396 e. The zero-order valence-electron chi connectivity index (χ0n) is 9.60. The summed E-state index contributed by atoms with van der Waals surface area (Å²) in [6.45, 7) is 2.76. The second kappa shape index (κ2) is 9.33. The molecule has 0 fully saturated rings. The third kappa shape index (κ3) is 6.56. The molecule has 0 amide bonds. The molecule has 0 saturated heterocycles. The van der Waals surface area contributed by atoms with Gasteiger partial charge in [0.25, 0.3) is 0 Å². The molecule has 1 N–H and O–H groups in total. The first-order valence-corrected chi connectivity index (χ1v) is 5.74. The van der Waals surface area contributed by atoms with Gasteiger partial charge in [0.15, 0.2) is 0 Å². The van der Waals surface area contributed by atoms with Crippen LogP contribution in [-0.2, 0) is 15.9 Å². The van der Waals surface area contributed by atoms with E-state index in [1.54, 1.807) is 0 Å². The van der Waals surface area contributed by atoms with Gasteiger partial charge in [0.2, 0.25) is 0 Å². The Morgan fingerprint density at radius 3 is 2.25 bits per heavy atom. The fourth-order valence-electron chi connectivity index (χ4n) is 1.32. The molecular formula is C13H20O3. The summed E-state index contributed by atoms with van der Waals surface area (Å²) < 4.78 is 10.7. The van der Waals surface area contributed by atoms with Crippen LogP contribution < -0.4 is 0 Å². The molecule has 0 heterocycles. The van der Waals surface area contributed by atoms with Crippen LogP contribution in [0.4, 0.5) is 0 Å². The summed E-state index contributed by atoms with van der Waals surface area (Å²) in [6, 6.07) is 10.3. The standard InChI is InChI=1S/C13H20O3/c14-8-4-9-15-11-12-16-10-7-13-5-2-1-3-6-13/h1-3,5-6,14H,4,7-12H2. The van der Waals surface area contributed by atoms with E-state index in [-0.39, 0.29) is 6.61 Å². The van der Waals surface area contributed by atoms with Gasteiger partial charge in [0.1, 0.15) is 0 Å². The minimum Gasteiger partial charge on any atom is -0.396 e. The van der Waals surface area contributed by atoms with Crippen LogP contribution in [0.25, 0.3) is 0 Å². The van der Waals surface area contributed by atoms with E-state index in [1.807, 2.05) is 18.2 Å². The fourth-order valence-corrected chi connectivity index (χ4v) is 1.32. The van der Waals surface area contributed by atoms with Crippen molar-refractivity contribution < 1.29 is 14.6 Å². The quantitative estimate of drug-likeness (QED) is 0.648. The summed E-state index contributed by atoms with van der Waals surface area (Å²) in [6.07, 6.45) is 1.64. The molecule has 1 rings (SSSR count). The van der Waals surface area contributed by atoms with Crippen molar-refractivity contribution in [1.29, 1.82) is 0 Å². The molecule has 0 bridgehead atoms. The minimum absolute atomic E-state index is 0.189. The van der Waals surface area contributed by atoms with Gasteiger partial charge in [-0.15, -0.1) is 0 Å². The van der Waals surface area contributed by atoms with Crippen molar-refractivity contribution in [3.8, 4) is 0 Å². The van der Waals surface area contributed by atoms with E-state index in [0.29, 0.717) is 26.2 Å². The maximum Gasteiger partial charge on any atom is 0.0700 e. The number of ether oxygens (including phenoxy) is 2. The van der Waals surface area contributed by atoms with Crippen LogP contribution in [-0.4, -0.2) is 38.1 Å². The summed E-state index contributed by atoms with van der Waals surface area (Å²) in [4.78, 5) is 0. The van der Waals surface area contributed by atoms with Crippen molar-refractivity contribution >= 4 is 0 Å². The fraction of sp³-hybridized carbons (Fsp3) is 0.538. The van der Waals surface area contributed by atoms with Crippen LogP contribution in [0, 0.1) is 0 Å². The zero-order chi connectivity index (χ0) is 11.5. The molecule has 0 radical (unpaired) electrons. The van der Waals surface area contributed by atoms with Crippen molar-refractivity contribution in [2.45, 2.75) is 12.8 Å². The van der Waals surface area contributed by atoms with Crippen LogP contribution >= 0.6 is 0 Å². The average molecular weight is 224 g/mol. The van der Waals surface area contributed by atoms with Crippen LogP contribution in [0.1, 0.15) is 12.0 Å². The first kappa shape index (κ1) is 13.2. The van der Waals surface area contributed by atoms with E-state index in [1.165, 1.54) is 5.56 Å². The van der Waals surface area contributed by atoms with E-state index < -0.39 is 0 Å². The molecule has 1 aromatic carbocycles. The Hall–Kier alpha value is -0.900. The number of hydrogen-bond donors (Lipinski definition) is 1. The summed E-state index contributed by atoms with van der Waals surface area (Å²) >= 11 is 0. The molecule has 0 aliphatic heterocycles. The van der Waals surface area contributed by atoms with E-state index in [4.69, 9.17) is 14.6 Å². The van der Waals surface area contributed by atoms with Gasteiger partial charge < -0.3 is 14.6 Å². The van der Waals surface area contributed by atoms with Crippen molar-refractivity contribution in [2.24, 2.45) is 0 Å². The zero-order valence-corrected chi connectivity index (χ0v) is 9.60. The number of rotatable bonds is 9. The Balaban J connectivity index is 1.89. The van der Waals surface area contributed by atoms with Gasteiger partial charge in [-0.1, -0.05) is 30.3 Å². The lowest BCUT2D eigenvalue weighted by Gasteiger charge is -2.05. The predicted octanol–water partition coefficient (Wildman–Crippen LogP) is 1.64. The third-order valence-corrected chi connectivity index (χ3v) is 2.20. The van der Waals surface area contributed by atoms with Gasteiger partial charge in [-0.05, 0) is 18.4 Å².